The average Bonchev–Trinajstić information content (AvgIpc) is 2.28. The topological polar surface area (TPSA) is 84.7 Å². The van der Waals surface area contributed by atoms with Crippen LogP contribution >= 0.6 is 0 Å². The van der Waals surface area contributed by atoms with E-state index in [1.165, 1.54) is 19.2 Å². The van der Waals surface area contributed by atoms with E-state index in [-0.39, 0.29) is 10.6 Å². The number of methoxy groups -OCH3 is 1. The number of hydrogen-bond donors (Lipinski definition) is 2. The average molecular weight is 273 g/mol. The van der Waals surface area contributed by atoms with Gasteiger partial charge >= 0.3 is 0 Å². The van der Waals surface area contributed by atoms with E-state index in [2.05, 4.69) is 4.72 Å². The highest BCUT2D eigenvalue weighted by Gasteiger charge is 2.19. The Bertz CT molecular complexity index is 500. The molecule has 0 spiro atoms. The van der Waals surface area contributed by atoms with Crippen LogP contribution in [0.15, 0.2) is 23.1 Å². The lowest BCUT2D eigenvalue weighted by Gasteiger charge is -2.13. The molecule has 1 aromatic rings. The molecular weight excluding hydrogens is 254 g/mol. The number of ether oxygens (including phenoxy) is 1. The Labute approximate surface area is 108 Å². The smallest absolute Gasteiger partial charge is 0.244 e. The number of nitrogens with zero attached hydrogens (tertiary/aromatic N) is 1. The van der Waals surface area contributed by atoms with Crippen molar-refractivity contribution in [3.8, 4) is 5.75 Å². The summed E-state index contributed by atoms with van der Waals surface area (Å²) in [6.07, 6.45) is 0. The number of benzene rings is 1. The number of nitrogen functional groups attached to an aromatic ring is 1. The van der Waals surface area contributed by atoms with Crippen LogP contribution in [0.25, 0.3) is 0 Å². The summed E-state index contributed by atoms with van der Waals surface area (Å²) in [6, 6.07) is 4.52. The summed E-state index contributed by atoms with van der Waals surface area (Å²) in [4.78, 5) is 1.95. The number of likely N-dealkylation sites (N-methyl/N-ethyl adjacent to an activating group) is 1. The molecule has 0 aromatic heterocycles. The molecule has 0 bridgehead atoms. The number of sulfonamides is 1. The van der Waals surface area contributed by atoms with Crippen molar-refractivity contribution in [2.24, 2.45) is 0 Å². The fourth-order valence-electron chi connectivity index (χ4n) is 1.38. The summed E-state index contributed by atoms with van der Waals surface area (Å²) in [7, 11) is 1.56. The van der Waals surface area contributed by atoms with E-state index in [0.717, 1.165) is 0 Å². The van der Waals surface area contributed by atoms with Gasteiger partial charge in [0.25, 0.3) is 0 Å². The molecule has 0 amide bonds. The van der Waals surface area contributed by atoms with Crippen molar-refractivity contribution >= 4 is 15.7 Å². The van der Waals surface area contributed by atoms with Crippen LogP contribution in [0.4, 0.5) is 5.69 Å². The maximum atomic E-state index is 12.1. The van der Waals surface area contributed by atoms with Gasteiger partial charge in [-0.25, -0.2) is 13.1 Å². The predicted molar refractivity (Wildman–Crippen MR) is 71.1 cm³/mol. The second-order valence-corrected chi connectivity index (χ2v) is 5.85. The van der Waals surface area contributed by atoms with Crippen LogP contribution in [0.5, 0.6) is 5.75 Å². The summed E-state index contributed by atoms with van der Waals surface area (Å²) in [6.45, 7) is 0.942. The van der Waals surface area contributed by atoms with Gasteiger partial charge in [0.15, 0.2) is 0 Å². The first kappa shape index (κ1) is 14.7. The third-order valence-corrected chi connectivity index (χ3v) is 3.81. The van der Waals surface area contributed by atoms with E-state index in [1.807, 2.05) is 19.0 Å². The van der Waals surface area contributed by atoms with Gasteiger partial charge in [0.1, 0.15) is 10.6 Å². The van der Waals surface area contributed by atoms with E-state index < -0.39 is 10.0 Å². The van der Waals surface area contributed by atoms with Crippen LogP contribution < -0.4 is 15.2 Å². The summed E-state index contributed by atoms with van der Waals surface area (Å²) < 4.78 is 31.7. The molecule has 1 aromatic carbocycles. The fraction of sp³-hybridized carbons (Fsp3) is 0.455. The lowest BCUT2D eigenvalue weighted by molar-refractivity contribution is 0.400. The largest absolute Gasteiger partial charge is 0.495 e. The molecule has 6 nitrogen and oxygen atoms in total. The van der Waals surface area contributed by atoms with Crippen LogP contribution in [0.3, 0.4) is 0 Å². The van der Waals surface area contributed by atoms with Gasteiger partial charge in [0.05, 0.1) is 7.11 Å². The number of rotatable bonds is 6. The Balaban J connectivity index is 2.93. The van der Waals surface area contributed by atoms with Crippen LogP contribution in [0.1, 0.15) is 0 Å². The highest BCUT2D eigenvalue weighted by atomic mass is 32.2. The van der Waals surface area contributed by atoms with Gasteiger partial charge < -0.3 is 15.4 Å². The highest BCUT2D eigenvalue weighted by molar-refractivity contribution is 7.89. The van der Waals surface area contributed by atoms with Crippen LogP contribution in [-0.4, -0.2) is 47.6 Å². The summed E-state index contributed by atoms with van der Waals surface area (Å²) in [5, 5.41) is 0. The SMILES string of the molecule is COc1ccc(N)cc1S(=O)(=O)NCCN(C)C. The van der Waals surface area contributed by atoms with Gasteiger partial charge in [-0.2, -0.15) is 0 Å². The minimum Gasteiger partial charge on any atom is -0.495 e. The molecular formula is C11H19N3O3S. The van der Waals surface area contributed by atoms with Crippen molar-refractivity contribution < 1.29 is 13.2 Å². The second-order valence-electron chi connectivity index (χ2n) is 4.11. The first-order chi connectivity index (χ1) is 8.36. The van der Waals surface area contributed by atoms with Crippen molar-refractivity contribution in [2.45, 2.75) is 4.90 Å². The van der Waals surface area contributed by atoms with E-state index in [1.54, 1.807) is 6.07 Å². The summed E-state index contributed by atoms with van der Waals surface area (Å²) in [5.41, 5.74) is 5.98. The van der Waals surface area contributed by atoms with Crippen molar-refractivity contribution in [2.75, 3.05) is 40.0 Å². The molecule has 0 fully saturated rings. The monoisotopic (exact) mass is 273 g/mol. The molecule has 0 aliphatic carbocycles. The maximum Gasteiger partial charge on any atom is 0.244 e. The minimum atomic E-state index is -3.60. The van der Waals surface area contributed by atoms with Crippen LogP contribution in [0.2, 0.25) is 0 Å². The van der Waals surface area contributed by atoms with Gasteiger partial charge in [-0.15, -0.1) is 0 Å². The van der Waals surface area contributed by atoms with Gasteiger partial charge in [0, 0.05) is 18.8 Å². The number of nitrogens with two attached hydrogens (primary N) is 1. The van der Waals surface area contributed by atoms with Gasteiger partial charge in [-0.05, 0) is 32.3 Å². The second kappa shape index (κ2) is 6.03. The lowest BCUT2D eigenvalue weighted by Crippen LogP contribution is -2.31. The summed E-state index contributed by atoms with van der Waals surface area (Å²) >= 11 is 0. The van der Waals surface area contributed by atoms with Crippen molar-refractivity contribution in [3.05, 3.63) is 18.2 Å². The molecule has 3 N–H and O–H groups in total. The standard InChI is InChI=1S/C11H19N3O3S/c1-14(2)7-6-13-18(15,16)11-8-9(12)4-5-10(11)17-3/h4-5,8,13H,6-7,12H2,1-3H3. The Morgan fingerprint density at radius 2 is 2.06 bits per heavy atom. The first-order valence-electron chi connectivity index (χ1n) is 5.44. The van der Waals surface area contributed by atoms with Gasteiger partial charge in [-0.3, -0.25) is 0 Å². The van der Waals surface area contributed by atoms with Crippen LogP contribution in [0, 0.1) is 0 Å². The molecule has 1 rings (SSSR count). The normalized spacial score (nSPS) is 11.8. The zero-order valence-corrected chi connectivity index (χ0v) is 11.6. The zero-order valence-electron chi connectivity index (χ0n) is 10.8. The fourth-order valence-corrected chi connectivity index (χ4v) is 2.61. The van der Waals surface area contributed by atoms with E-state index in [0.29, 0.717) is 18.8 Å². The number of anilines is 1. The molecule has 0 saturated carbocycles. The molecule has 0 heterocycles. The first-order valence-corrected chi connectivity index (χ1v) is 6.93. The highest BCUT2D eigenvalue weighted by Crippen LogP contribution is 2.25. The zero-order chi connectivity index (χ0) is 13.8. The predicted octanol–water partition coefficient (Wildman–Crippen LogP) is 0.117. The number of hydrogen-bond acceptors (Lipinski definition) is 5. The molecule has 0 radical (unpaired) electrons. The lowest BCUT2D eigenvalue weighted by atomic mass is 10.3. The molecule has 0 atom stereocenters. The van der Waals surface area contributed by atoms with Crippen molar-refractivity contribution in [1.82, 2.24) is 9.62 Å². The maximum absolute atomic E-state index is 12.1. The summed E-state index contributed by atoms with van der Waals surface area (Å²) in [5.74, 6) is 0.279. The molecule has 0 saturated heterocycles. The molecule has 18 heavy (non-hydrogen) atoms. The Morgan fingerprint density at radius 1 is 1.39 bits per heavy atom. The van der Waals surface area contributed by atoms with Crippen molar-refractivity contribution in [3.63, 3.8) is 0 Å². The van der Waals surface area contributed by atoms with Gasteiger partial charge in [-0.1, -0.05) is 0 Å². The molecule has 0 unspecified atom stereocenters. The molecule has 0 aliphatic heterocycles. The number of nitrogens with one attached hydrogen (secondary N) is 1. The quantitative estimate of drug-likeness (QED) is 0.719. The van der Waals surface area contributed by atoms with E-state index >= 15 is 0 Å². The molecule has 102 valence electrons. The molecule has 0 aliphatic rings. The van der Waals surface area contributed by atoms with Gasteiger partial charge in [0.2, 0.25) is 10.0 Å². The van der Waals surface area contributed by atoms with E-state index in [9.17, 15) is 8.42 Å². The Hall–Kier alpha value is -1.31. The van der Waals surface area contributed by atoms with E-state index in [4.69, 9.17) is 10.5 Å². The molecule has 7 heteroatoms. The van der Waals surface area contributed by atoms with Crippen LogP contribution in [-0.2, 0) is 10.0 Å². The Morgan fingerprint density at radius 3 is 2.61 bits per heavy atom. The Kier molecular flexibility index (Phi) is 4.94. The third-order valence-electron chi connectivity index (χ3n) is 2.33. The third kappa shape index (κ3) is 3.86. The minimum absolute atomic E-state index is 0.0590. The van der Waals surface area contributed by atoms with Crippen molar-refractivity contribution in [1.29, 1.82) is 0 Å².